The molecule has 0 unspecified atom stereocenters. The van der Waals surface area contributed by atoms with Crippen LogP contribution in [0.15, 0.2) is 30.4 Å². The van der Waals surface area contributed by atoms with Gasteiger partial charge in [-0.25, -0.2) is 4.79 Å². The average molecular weight is 260 g/mol. The first kappa shape index (κ1) is 11.7. The number of nitrogens with one attached hydrogen (secondary N) is 1. The van der Waals surface area contributed by atoms with E-state index in [1.54, 1.807) is 6.07 Å². The van der Waals surface area contributed by atoms with Crippen molar-refractivity contribution in [3.05, 3.63) is 46.0 Å². The molecule has 2 N–H and O–H groups in total. The second kappa shape index (κ2) is 4.08. The van der Waals surface area contributed by atoms with Crippen LogP contribution in [-0.4, -0.2) is 22.0 Å². The Morgan fingerprint density at radius 3 is 2.95 bits per heavy atom. The smallest absolute Gasteiger partial charge is 0.326 e. The summed E-state index contributed by atoms with van der Waals surface area (Å²) in [5.74, 6) is -1.10. The molecule has 98 valence electrons. The summed E-state index contributed by atoms with van der Waals surface area (Å²) in [5, 5.41) is 23.2. The van der Waals surface area contributed by atoms with Crippen LogP contribution in [-0.2, 0) is 4.79 Å². The van der Waals surface area contributed by atoms with Crippen molar-refractivity contribution >= 4 is 17.3 Å². The summed E-state index contributed by atoms with van der Waals surface area (Å²) in [6.45, 7) is 0. The van der Waals surface area contributed by atoms with Crippen molar-refractivity contribution in [1.29, 1.82) is 0 Å². The first-order chi connectivity index (χ1) is 9.09. The van der Waals surface area contributed by atoms with Gasteiger partial charge in [-0.3, -0.25) is 10.1 Å². The van der Waals surface area contributed by atoms with Gasteiger partial charge in [0.2, 0.25) is 0 Å². The van der Waals surface area contributed by atoms with Crippen LogP contribution in [0, 0.1) is 16.0 Å². The molecule has 1 aromatic rings. The molecule has 3 atom stereocenters. The number of carbonyl (C=O) groups is 1. The predicted molar refractivity (Wildman–Crippen MR) is 68.1 cm³/mol. The van der Waals surface area contributed by atoms with Gasteiger partial charge in [-0.05, 0) is 12.0 Å². The van der Waals surface area contributed by atoms with Crippen LogP contribution in [0.5, 0.6) is 0 Å². The summed E-state index contributed by atoms with van der Waals surface area (Å²) in [4.78, 5) is 21.9. The van der Waals surface area contributed by atoms with E-state index in [1.807, 2.05) is 18.2 Å². The molecule has 1 aromatic carbocycles. The van der Waals surface area contributed by atoms with E-state index in [-0.39, 0.29) is 17.5 Å². The molecule has 0 saturated heterocycles. The number of para-hydroxylation sites is 1. The predicted octanol–water partition coefficient (Wildman–Crippen LogP) is 2.13. The molecule has 19 heavy (non-hydrogen) atoms. The number of benzene rings is 1. The highest BCUT2D eigenvalue weighted by Gasteiger charge is 2.42. The van der Waals surface area contributed by atoms with Crippen LogP contribution in [0.25, 0.3) is 0 Å². The number of hydrogen-bond donors (Lipinski definition) is 2. The Balaban J connectivity index is 2.15. The van der Waals surface area contributed by atoms with Gasteiger partial charge in [-0.1, -0.05) is 24.3 Å². The van der Waals surface area contributed by atoms with Gasteiger partial charge in [-0.15, -0.1) is 0 Å². The van der Waals surface area contributed by atoms with Gasteiger partial charge >= 0.3 is 5.97 Å². The number of nitro benzene ring substituents is 1. The average Bonchev–Trinajstić information content (AvgIpc) is 2.85. The molecule has 2 aliphatic rings. The molecule has 3 rings (SSSR count). The summed E-state index contributed by atoms with van der Waals surface area (Å²) in [5.41, 5.74) is 1.08. The van der Waals surface area contributed by atoms with Gasteiger partial charge in [0.1, 0.15) is 11.7 Å². The third kappa shape index (κ3) is 1.68. The molecule has 1 aliphatic carbocycles. The van der Waals surface area contributed by atoms with Gasteiger partial charge in [0.05, 0.1) is 4.92 Å². The van der Waals surface area contributed by atoms with Crippen molar-refractivity contribution in [2.24, 2.45) is 5.92 Å². The summed E-state index contributed by atoms with van der Waals surface area (Å²) in [6, 6.07) is 4.07. The third-order valence-electron chi connectivity index (χ3n) is 3.84. The zero-order chi connectivity index (χ0) is 13.6. The first-order valence-electron chi connectivity index (χ1n) is 6.03. The number of rotatable bonds is 2. The molecule has 1 aliphatic heterocycles. The quantitative estimate of drug-likeness (QED) is 0.482. The van der Waals surface area contributed by atoms with E-state index in [1.165, 1.54) is 6.07 Å². The van der Waals surface area contributed by atoms with E-state index in [0.717, 1.165) is 5.56 Å². The summed E-state index contributed by atoms with van der Waals surface area (Å²) < 4.78 is 0. The molecule has 1 heterocycles. The number of hydrogen-bond acceptors (Lipinski definition) is 4. The lowest BCUT2D eigenvalue weighted by atomic mass is 9.79. The number of nitro groups is 1. The standard InChI is InChI=1S/C13H12N2O4/c16-13(17)12-9-4-1-3-7(9)8-5-2-6-10(15(18)19)11(8)14-12/h1-3,5-7,9,12,14H,4H2,(H,16,17)/t7-,9-,12-/m1/s1. The highest BCUT2D eigenvalue weighted by Crippen LogP contribution is 2.47. The van der Waals surface area contributed by atoms with E-state index in [9.17, 15) is 20.0 Å². The normalized spacial score (nSPS) is 27.3. The van der Waals surface area contributed by atoms with Crippen molar-refractivity contribution < 1.29 is 14.8 Å². The Kier molecular flexibility index (Phi) is 2.51. The Morgan fingerprint density at radius 2 is 2.26 bits per heavy atom. The maximum absolute atomic E-state index is 11.3. The van der Waals surface area contributed by atoms with E-state index in [2.05, 4.69) is 5.32 Å². The summed E-state index contributed by atoms with van der Waals surface area (Å²) in [7, 11) is 0. The number of carboxylic acids is 1. The van der Waals surface area contributed by atoms with Crippen molar-refractivity contribution in [3.8, 4) is 0 Å². The first-order valence-corrected chi connectivity index (χ1v) is 6.03. The van der Waals surface area contributed by atoms with E-state index in [0.29, 0.717) is 12.1 Å². The summed E-state index contributed by atoms with van der Waals surface area (Å²) >= 11 is 0. The second-order valence-corrected chi connectivity index (χ2v) is 4.81. The molecule has 0 saturated carbocycles. The van der Waals surface area contributed by atoms with Gasteiger partial charge in [-0.2, -0.15) is 0 Å². The molecule has 6 heteroatoms. The Hall–Kier alpha value is -2.37. The molecular formula is C13H12N2O4. The minimum atomic E-state index is -0.970. The molecule has 0 fully saturated rings. The highest BCUT2D eigenvalue weighted by molar-refractivity contribution is 5.83. The molecule has 0 bridgehead atoms. The lowest BCUT2D eigenvalue weighted by molar-refractivity contribution is -0.384. The SMILES string of the molecule is O=C(O)[C@@H]1Nc2c(cccc2[N+](=O)[O-])[C@H]2C=CC[C@H]21. The van der Waals surface area contributed by atoms with Gasteiger partial charge in [0.15, 0.2) is 0 Å². The van der Waals surface area contributed by atoms with Crippen LogP contribution < -0.4 is 5.32 Å². The number of nitrogens with zero attached hydrogens (tertiary/aromatic N) is 1. The largest absolute Gasteiger partial charge is 0.480 e. The van der Waals surface area contributed by atoms with E-state index in [4.69, 9.17) is 0 Å². The van der Waals surface area contributed by atoms with Gasteiger partial charge < -0.3 is 10.4 Å². The number of carboxylic acid groups (broad SMARTS) is 1. The number of fused-ring (bicyclic) bond motifs is 3. The van der Waals surface area contributed by atoms with Crippen LogP contribution in [0.3, 0.4) is 0 Å². The maximum Gasteiger partial charge on any atom is 0.326 e. The third-order valence-corrected chi connectivity index (χ3v) is 3.84. The van der Waals surface area contributed by atoms with Crippen LogP contribution in [0.4, 0.5) is 11.4 Å². The van der Waals surface area contributed by atoms with Crippen LogP contribution in [0.1, 0.15) is 17.9 Å². The Morgan fingerprint density at radius 1 is 1.47 bits per heavy atom. The maximum atomic E-state index is 11.3. The Labute approximate surface area is 108 Å². The molecule has 0 spiro atoms. The molecule has 0 aromatic heterocycles. The molecular weight excluding hydrogens is 248 g/mol. The fourth-order valence-corrected chi connectivity index (χ4v) is 3.00. The molecule has 0 radical (unpaired) electrons. The number of anilines is 1. The molecule has 6 nitrogen and oxygen atoms in total. The molecule has 0 amide bonds. The second-order valence-electron chi connectivity index (χ2n) is 4.81. The Bertz CT molecular complexity index is 596. The van der Waals surface area contributed by atoms with Gasteiger partial charge in [0.25, 0.3) is 5.69 Å². The number of aliphatic carboxylic acids is 1. The van der Waals surface area contributed by atoms with Crippen LogP contribution in [0.2, 0.25) is 0 Å². The minimum absolute atomic E-state index is 0.0581. The fraction of sp³-hybridized carbons (Fsp3) is 0.308. The van der Waals surface area contributed by atoms with E-state index >= 15 is 0 Å². The monoisotopic (exact) mass is 260 g/mol. The minimum Gasteiger partial charge on any atom is -0.480 e. The van der Waals surface area contributed by atoms with Crippen molar-refractivity contribution in [2.75, 3.05) is 5.32 Å². The fourth-order valence-electron chi connectivity index (χ4n) is 3.00. The zero-order valence-corrected chi connectivity index (χ0v) is 9.95. The summed E-state index contributed by atoms with van der Waals surface area (Å²) in [6.07, 6.45) is 4.57. The lowest BCUT2D eigenvalue weighted by Crippen LogP contribution is -2.42. The van der Waals surface area contributed by atoms with Crippen molar-refractivity contribution in [1.82, 2.24) is 0 Å². The number of allylic oxidation sites excluding steroid dienone is 2. The zero-order valence-electron chi connectivity index (χ0n) is 9.95. The van der Waals surface area contributed by atoms with Crippen molar-refractivity contribution in [3.63, 3.8) is 0 Å². The van der Waals surface area contributed by atoms with Crippen LogP contribution >= 0.6 is 0 Å². The lowest BCUT2D eigenvalue weighted by Gasteiger charge is -2.34. The van der Waals surface area contributed by atoms with Gasteiger partial charge in [0, 0.05) is 17.9 Å². The topological polar surface area (TPSA) is 92.5 Å². The van der Waals surface area contributed by atoms with E-state index < -0.39 is 16.9 Å². The van der Waals surface area contributed by atoms with Crippen molar-refractivity contribution in [2.45, 2.75) is 18.4 Å². The highest BCUT2D eigenvalue weighted by atomic mass is 16.6.